The molecule has 0 N–H and O–H groups in total. The lowest BCUT2D eigenvalue weighted by atomic mass is 10.2. The third-order valence-electron chi connectivity index (χ3n) is 2.78. The third-order valence-corrected chi connectivity index (χ3v) is 2.96. The highest BCUT2D eigenvalue weighted by atomic mass is 35.5. The van der Waals surface area contributed by atoms with Crippen LogP contribution >= 0.6 is 11.6 Å². The summed E-state index contributed by atoms with van der Waals surface area (Å²) in [7, 11) is 0. The molecule has 5 nitrogen and oxygen atoms in total. The minimum absolute atomic E-state index is 0.000459. The Hall–Kier alpha value is -2.08. The number of halogens is 2. The van der Waals surface area contributed by atoms with Gasteiger partial charge in [0, 0.05) is 18.3 Å². The zero-order valence-corrected chi connectivity index (χ0v) is 10.8. The average Bonchev–Trinajstić information content (AvgIpc) is 2.83. The first-order chi connectivity index (χ1) is 9.19. The summed E-state index contributed by atoms with van der Waals surface area (Å²) in [5.41, 5.74) is 2.27. The number of rotatable bonds is 2. The zero-order chi connectivity index (χ0) is 13.4. The lowest BCUT2D eigenvalue weighted by molar-refractivity contribution is 0.618. The van der Waals surface area contributed by atoms with Gasteiger partial charge < -0.3 is 0 Å². The molecule has 0 bridgehead atoms. The van der Waals surface area contributed by atoms with Crippen molar-refractivity contribution >= 4 is 22.6 Å². The van der Waals surface area contributed by atoms with E-state index in [-0.39, 0.29) is 11.0 Å². The van der Waals surface area contributed by atoms with Gasteiger partial charge in [0.15, 0.2) is 5.82 Å². The van der Waals surface area contributed by atoms with Crippen LogP contribution < -0.4 is 0 Å². The largest absolute Gasteiger partial charge is 0.263 e. The van der Waals surface area contributed by atoms with Gasteiger partial charge in [-0.2, -0.15) is 5.10 Å². The lowest BCUT2D eigenvalue weighted by Gasteiger charge is -2.04. The average molecular weight is 278 g/mol. The number of pyridine rings is 1. The molecule has 96 valence electrons. The minimum Gasteiger partial charge on any atom is -0.263 e. The normalized spacial score (nSPS) is 11.1. The molecule has 7 heteroatoms. The first kappa shape index (κ1) is 12.0. The van der Waals surface area contributed by atoms with Crippen molar-refractivity contribution in [3.8, 4) is 11.3 Å². The molecule has 3 aromatic rings. The van der Waals surface area contributed by atoms with Gasteiger partial charge in [0.2, 0.25) is 5.28 Å². The van der Waals surface area contributed by atoms with E-state index in [1.807, 2.05) is 6.92 Å². The molecule has 0 unspecified atom stereocenters. The van der Waals surface area contributed by atoms with E-state index in [0.29, 0.717) is 12.1 Å². The summed E-state index contributed by atoms with van der Waals surface area (Å²) in [6.45, 7) is 2.68. The number of hydrogen-bond donors (Lipinski definition) is 0. The van der Waals surface area contributed by atoms with Crippen molar-refractivity contribution in [2.24, 2.45) is 0 Å². The van der Waals surface area contributed by atoms with E-state index in [1.165, 1.54) is 0 Å². The summed E-state index contributed by atoms with van der Waals surface area (Å²) in [5, 5.41) is 4.19. The van der Waals surface area contributed by atoms with E-state index in [4.69, 9.17) is 11.6 Å². The topological polar surface area (TPSA) is 56.5 Å². The summed E-state index contributed by atoms with van der Waals surface area (Å²) in [4.78, 5) is 11.7. The van der Waals surface area contributed by atoms with Crippen LogP contribution in [-0.2, 0) is 6.54 Å². The third kappa shape index (κ3) is 2.04. The molecular formula is C12H9ClFN5. The van der Waals surface area contributed by atoms with Crippen molar-refractivity contribution in [1.82, 2.24) is 24.7 Å². The molecule has 3 heterocycles. The smallest absolute Gasteiger partial charge is 0.223 e. The molecule has 0 spiro atoms. The van der Waals surface area contributed by atoms with Crippen LogP contribution in [0.5, 0.6) is 0 Å². The fraction of sp³-hybridized carbons (Fsp3) is 0.167. The molecule has 0 fully saturated rings. The Kier molecular flexibility index (Phi) is 2.87. The van der Waals surface area contributed by atoms with Crippen LogP contribution in [0.3, 0.4) is 0 Å². The highest BCUT2D eigenvalue weighted by molar-refractivity contribution is 6.28. The first-order valence-corrected chi connectivity index (χ1v) is 6.07. The molecule has 3 aromatic heterocycles. The van der Waals surface area contributed by atoms with Gasteiger partial charge in [0.25, 0.3) is 0 Å². The summed E-state index contributed by atoms with van der Waals surface area (Å²) < 4.78 is 15.5. The molecule has 19 heavy (non-hydrogen) atoms. The maximum absolute atomic E-state index is 13.7. The van der Waals surface area contributed by atoms with Crippen LogP contribution in [0, 0.1) is 5.82 Å². The van der Waals surface area contributed by atoms with Crippen LogP contribution in [0.4, 0.5) is 4.39 Å². The molecule has 0 aliphatic rings. The number of aromatic nitrogens is 5. The predicted octanol–water partition coefficient (Wildman–Crippen LogP) is 2.70. The molecule has 0 saturated carbocycles. The van der Waals surface area contributed by atoms with Gasteiger partial charge in [0.05, 0.1) is 17.9 Å². The van der Waals surface area contributed by atoms with Gasteiger partial charge in [-0.25, -0.2) is 14.4 Å². The van der Waals surface area contributed by atoms with Gasteiger partial charge in [-0.15, -0.1) is 0 Å². The first-order valence-electron chi connectivity index (χ1n) is 5.69. The highest BCUT2D eigenvalue weighted by Crippen LogP contribution is 2.23. The van der Waals surface area contributed by atoms with Crippen molar-refractivity contribution < 1.29 is 4.39 Å². The Morgan fingerprint density at radius 3 is 2.89 bits per heavy atom. The van der Waals surface area contributed by atoms with Gasteiger partial charge in [0.1, 0.15) is 11.2 Å². The zero-order valence-electron chi connectivity index (χ0n) is 10.0. The van der Waals surface area contributed by atoms with E-state index in [1.54, 1.807) is 23.1 Å². The van der Waals surface area contributed by atoms with E-state index < -0.39 is 5.82 Å². The van der Waals surface area contributed by atoms with Gasteiger partial charge in [-0.1, -0.05) is 0 Å². The molecule has 3 rings (SSSR count). The fourth-order valence-corrected chi connectivity index (χ4v) is 2.02. The molecule has 0 aliphatic carbocycles. The van der Waals surface area contributed by atoms with E-state index in [0.717, 1.165) is 17.2 Å². The second-order valence-corrected chi connectivity index (χ2v) is 4.26. The van der Waals surface area contributed by atoms with Crippen molar-refractivity contribution in [1.29, 1.82) is 0 Å². The standard InChI is InChI=1S/C12H9ClFN5/c1-2-19-10-3-7(4-15-9(10)6-17-19)11-8(14)5-16-12(13)18-11/h3-6H,2H2,1H3. The molecular weight excluding hydrogens is 269 g/mol. The van der Waals surface area contributed by atoms with Crippen LogP contribution in [0.1, 0.15) is 6.92 Å². The Bertz CT molecular complexity index is 755. The van der Waals surface area contributed by atoms with Crippen molar-refractivity contribution in [2.75, 3.05) is 0 Å². The second-order valence-electron chi connectivity index (χ2n) is 3.92. The Morgan fingerprint density at radius 2 is 2.11 bits per heavy atom. The van der Waals surface area contributed by atoms with Gasteiger partial charge in [-0.05, 0) is 24.6 Å². The maximum Gasteiger partial charge on any atom is 0.223 e. The molecule has 0 amide bonds. The maximum atomic E-state index is 13.7. The monoisotopic (exact) mass is 277 g/mol. The van der Waals surface area contributed by atoms with E-state index >= 15 is 0 Å². The molecule has 0 aliphatic heterocycles. The minimum atomic E-state index is -0.534. The van der Waals surface area contributed by atoms with E-state index in [2.05, 4.69) is 20.1 Å². The molecule has 0 aromatic carbocycles. The fourth-order valence-electron chi connectivity index (χ4n) is 1.89. The van der Waals surface area contributed by atoms with Crippen LogP contribution in [0.25, 0.3) is 22.3 Å². The summed E-state index contributed by atoms with van der Waals surface area (Å²) in [5.74, 6) is -0.534. The van der Waals surface area contributed by atoms with Crippen LogP contribution in [-0.4, -0.2) is 24.7 Å². The number of hydrogen-bond acceptors (Lipinski definition) is 4. The number of aryl methyl sites for hydroxylation is 1. The van der Waals surface area contributed by atoms with E-state index in [9.17, 15) is 4.39 Å². The lowest BCUT2D eigenvalue weighted by Crippen LogP contribution is -1.97. The summed E-state index contributed by atoms with van der Waals surface area (Å²) >= 11 is 5.70. The predicted molar refractivity (Wildman–Crippen MR) is 69.2 cm³/mol. The summed E-state index contributed by atoms with van der Waals surface area (Å²) in [6, 6.07) is 1.79. The highest BCUT2D eigenvalue weighted by Gasteiger charge is 2.11. The Morgan fingerprint density at radius 1 is 1.26 bits per heavy atom. The van der Waals surface area contributed by atoms with Crippen LogP contribution in [0.2, 0.25) is 5.28 Å². The molecule has 0 saturated heterocycles. The number of nitrogens with zero attached hydrogens (tertiary/aromatic N) is 5. The van der Waals surface area contributed by atoms with Crippen molar-refractivity contribution in [3.63, 3.8) is 0 Å². The number of fused-ring (bicyclic) bond motifs is 1. The Balaban J connectivity index is 2.22. The SMILES string of the molecule is CCn1ncc2ncc(-c3nc(Cl)ncc3F)cc21. The van der Waals surface area contributed by atoms with Crippen molar-refractivity contribution in [2.45, 2.75) is 13.5 Å². The quantitative estimate of drug-likeness (QED) is 0.676. The molecule has 0 radical (unpaired) electrons. The van der Waals surface area contributed by atoms with Gasteiger partial charge in [-0.3, -0.25) is 9.67 Å². The van der Waals surface area contributed by atoms with Crippen LogP contribution in [0.15, 0.2) is 24.7 Å². The summed E-state index contributed by atoms with van der Waals surface area (Å²) in [6.07, 6.45) is 4.27. The molecule has 0 atom stereocenters. The van der Waals surface area contributed by atoms with Crippen molar-refractivity contribution in [3.05, 3.63) is 35.8 Å². The Labute approximate surface area is 113 Å². The van der Waals surface area contributed by atoms with Gasteiger partial charge >= 0.3 is 0 Å². The second kappa shape index (κ2) is 4.55.